The number of alkyl carbamates (subject to hydrolysis) is 1. The van der Waals surface area contributed by atoms with E-state index in [4.69, 9.17) is 18.9 Å². The summed E-state index contributed by atoms with van der Waals surface area (Å²) >= 11 is 0. The molecule has 422 valence electrons. The Morgan fingerprint density at radius 1 is 0.366 bits per heavy atom. The van der Waals surface area contributed by atoms with Gasteiger partial charge in [-0.3, -0.25) is 9.59 Å². The molecule has 0 aromatic heterocycles. The highest BCUT2D eigenvalue weighted by atomic mass is 16.6. The van der Waals surface area contributed by atoms with E-state index in [0.29, 0.717) is 71.5 Å². The molecule has 0 rings (SSSR count). The van der Waals surface area contributed by atoms with Gasteiger partial charge in [0.2, 0.25) is 0 Å². The van der Waals surface area contributed by atoms with Crippen LogP contribution in [-0.4, -0.2) is 82.6 Å². The molecule has 0 radical (unpaired) electrons. The van der Waals surface area contributed by atoms with Crippen molar-refractivity contribution in [1.82, 2.24) is 10.2 Å². The molecule has 9 heteroatoms. The molecule has 0 unspecified atom stereocenters. The van der Waals surface area contributed by atoms with Gasteiger partial charge in [0.25, 0.3) is 0 Å². The second-order valence-electron chi connectivity index (χ2n) is 21.7. The predicted octanol–water partition coefficient (Wildman–Crippen LogP) is 18.5. The van der Waals surface area contributed by atoms with Gasteiger partial charge in [-0.05, 0) is 52.6 Å². The Morgan fingerprint density at radius 3 is 0.930 bits per heavy atom. The fourth-order valence-corrected chi connectivity index (χ4v) is 9.57. The molecule has 0 saturated heterocycles. The zero-order valence-corrected chi connectivity index (χ0v) is 48.1. The van der Waals surface area contributed by atoms with Crippen LogP contribution in [0.1, 0.15) is 322 Å². The summed E-state index contributed by atoms with van der Waals surface area (Å²) in [6.45, 7) is 7.41. The highest BCUT2D eigenvalue weighted by Crippen LogP contribution is 2.18. The second kappa shape index (κ2) is 59.0. The lowest BCUT2D eigenvalue weighted by molar-refractivity contribution is -0.144. The third-order valence-electron chi connectivity index (χ3n) is 14.3. The minimum absolute atomic E-state index is 0.144. The number of hydrogen-bond donors (Lipinski definition) is 1. The number of carbonyl (C=O) groups is 3. The van der Waals surface area contributed by atoms with E-state index in [-0.39, 0.29) is 18.0 Å². The predicted molar refractivity (Wildman–Crippen MR) is 303 cm³/mol. The molecular formula is C62H122N2O7. The molecule has 71 heavy (non-hydrogen) atoms. The Labute approximate surface area is 441 Å². The Balaban J connectivity index is 4.00. The summed E-state index contributed by atoms with van der Waals surface area (Å²) in [5.41, 5.74) is 0. The third-order valence-corrected chi connectivity index (χ3v) is 14.3. The van der Waals surface area contributed by atoms with Gasteiger partial charge in [-0.25, -0.2) is 4.79 Å². The zero-order chi connectivity index (χ0) is 51.6. The van der Waals surface area contributed by atoms with Crippen LogP contribution in [0, 0.1) is 0 Å². The first-order valence-corrected chi connectivity index (χ1v) is 31.4. The molecule has 1 N–H and O–H groups in total. The molecular weight excluding hydrogens is 885 g/mol. The maximum absolute atomic E-state index is 12.6. The number of nitrogens with zero attached hydrogens (tertiary/aromatic N) is 1. The largest absolute Gasteiger partial charge is 0.466 e. The van der Waals surface area contributed by atoms with Gasteiger partial charge in [0.1, 0.15) is 6.10 Å². The van der Waals surface area contributed by atoms with Crippen molar-refractivity contribution in [2.45, 2.75) is 328 Å². The van der Waals surface area contributed by atoms with E-state index in [0.717, 1.165) is 32.2 Å². The molecule has 0 aliphatic carbocycles. The quantitative estimate of drug-likeness (QED) is 0.0365. The lowest BCUT2D eigenvalue weighted by atomic mass is 10.0. The second-order valence-corrected chi connectivity index (χ2v) is 21.7. The molecule has 0 aliphatic rings. The number of esters is 2. The molecule has 0 aromatic carbocycles. The number of likely N-dealkylation sites (N-methyl/N-ethyl adjacent to an activating group) is 1. The van der Waals surface area contributed by atoms with Crippen LogP contribution in [0.2, 0.25) is 0 Å². The fourth-order valence-electron chi connectivity index (χ4n) is 9.57. The molecule has 0 aromatic rings. The van der Waals surface area contributed by atoms with Crippen molar-refractivity contribution in [2.24, 2.45) is 0 Å². The van der Waals surface area contributed by atoms with Gasteiger partial charge in [0, 0.05) is 25.9 Å². The van der Waals surface area contributed by atoms with Gasteiger partial charge < -0.3 is 29.2 Å². The van der Waals surface area contributed by atoms with Crippen LogP contribution >= 0.6 is 0 Å². The summed E-state index contributed by atoms with van der Waals surface area (Å²) < 4.78 is 22.5. The minimum Gasteiger partial charge on any atom is -0.466 e. The third kappa shape index (κ3) is 58.9. The lowest BCUT2D eigenvalue weighted by Gasteiger charge is -2.18. The van der Waals surface area contributed by atoms with Crippen molar-refractivity contribution in [3.05, 3.63) is 0 Å². The lowest BCUT2D eigenvalue weighted by Crippen LogP contribution is -2.32. The average Bonchev–Trinajstić information content (AvgIpc) is 3.35. The van der Waals surface area contributed by atoms with Crippen molar-refractivity contribution in [1.29, 1.82) is 0 Å². The van der Waals surface area contributed by atoms with Crippen LogP contribution in [0.15, 0.2) is 0 Å². The molecule has 0 saturated carbocycles. The van der Waals surface area contributed by atoms with E-state index in [1.54, 1.807) is 0 Å². The molecule has 0 spiro atoms. The smallest absolute Gasteiger partial charge is 0.407 e. The highest BCUT2D eigenvalue weighted by molar-refractivity contribution is 5.69. The van der Waals surface area contributed by atoms with Gasteiger partial charge in [0.05, 0.1) is 26.4 Å². The molecule has 9 nitrogen and oxygen atoms in total. The molecule has 0 atom stereocenters. The first-order valence-electron chi connectivity index (χ1n) is 31.4. The van der Waals surface area contributed by atoms with Crippen LogP contribution in [0.4, 0.5) is 4.79 Å². The molecule has 0 bridgehead atoms. The van der Waals surface area contributed by atoms with Crippen LogP contribution in [0.5, 0.6) is 0 Å². The standard InChI is InChI=1S/C62H122N2O7/c1-5-7-9-11-13-15-17-19-21-23-25-27-29-31-33-35-37-39-41-43-45-51-60(65)69-55-47-49-59(71-62(67)63-53-57-68-58-54-64(3)4)50-48-56-70-61(66)52-46-44-42-40-38-36-34-32-30-28-26-24-22-20-18-16-14-12-10-8-6-2/h59H,5-58H2,1-4H3,(H,63,67). The summed E-state index contributed by atoms with van der Waals surface area (Å²) in [5.74, 6) is -0.288. The van der Waals surface area contributed by atoms with Gasteiger partial charge >= 0.3 is 18.0 Å². The van der Waals surface area contributed by atoms with Crippen molar-refractivity contribution in [2.75, 3.05) is 53.6 Å². The van der Waals surface area contributed by atoms with E-state index < -0.39 is 6.09 Å². The van der Waals surface area contributed by atoms with E-state index >= 15 is 0 Å². The van der Waals surface area contributed by atoms with E-state index in [2.05, 4.69) is 19.2 Å². The highest BCUT2D eigenvalue weighted by Gasteiger charge is 2.16. The number of unbranched alkanes of at least 4 members (excludes halogenated alkanes) is 40. The van der Waals surface area contributed by atoms with Crippen molar-refractivity contribution < 1.29 is 33.3 Å². The van der Waals surface area contributed by atoms with Crippen LogP contribution in [0.25, 0.3) is 0 Å². The number of nitrogens with one attached hydrogen (secondary N) is 1. The zero-order valence-electron chi connectivity index (χ0n) is 48.1. The van der Waals surface area contributed by atoms with E-state index in [1.165, 1.54) is 244 Å². The number of rotatable bonds is 59. The Hall–Kier alpha value is -1.87. The maximum Gasteiger partial charge on any atom is 0.407 e. The van der Waals surface area contributed by atoms with Crippen molar-refractivity contribution in [3.63, 3.8) is 0 Å². The number of amides is 1. The number of carbonyl (C=O) groups excluding carboxylic acids is 3. The van der Waals surface area contributed by atoms with Gasteiger partial charge in [0.15, 0.2) is 0 Å². The molecule has 0 aliphatic heterocycles. The summed E-state index contributed by atoms with van der Waals surface area (Å²) in [4.78, 5) is 39.6. The summed E-state index contributed by atoms with van der Waals surface area (Å²) in [5, 5.41) is 2.79. The van der Waals surface area contributed by atoms with Crippen molar-refractivity contribution in [3.8, 4) is 0 Å². The number of ether oxygens (including phenoxy) is 4. The molecule has 0 heterocycles. The summed E-state index contributed by atoms with van der Waals surface area (Å²) in [7, 11) is 3.99. The Morgan fingerprint density at radius 2 is 0.648 bits per heavy atom. The minimum atomic E-state index is -0.482. The topological polar surface area (TPSA) is 103 Å². The maximum atomic E-state index is 12.6. The molecule has 0 fully saturated rings. The van der Waals surface area contributed by atoms with E-state index in [9.17, 15) is 14.4 Å². The summed E-state index contributed by atoms with van der Waals surface area (Å²) in [6.07, 6.45) is 58.9. The monoisotopic (exact) mass is 1010 g/mol. The van der Waals surface area contributed by atoms with Gasteiger partial charge in [-0.2, -0.15) is 0 Å². The molecule has 1 amide bonds. The first-order chi connectivity index (χ1) is 34.9. The van der Waals surface area contributed by atoms with Crippen LogP contribution in [0.3, 0.4) is 0 Å². The van der Waals surface area contributed by atoms with Crippen molar-refractivity contribution >= 4 is 18.0 Å². The van der Waals surface area contributed by atoms with Gasteiger partial charge in [-0.1, -0.05) is 271 Å². The summed E-state index contributed by atoms with van der Waals surface area (Å²) in [6, 6.07) is 0. The Bertz CT molecular complexity index is 1020. The normalized spacial score (nSPS) is 11.5. The first kappa shape index (κ1) is 69.1. The Kier molecular flexibility index (Phi) is 57.5. The van der Waals surface area contributed by atoms with E-state index in [1.807, 2.05) is 19.0 Å². The number of hydrogen-bond acceptors (Lipinski definition) is 8. The van der Waals surface area contributed by atoms with Gasteiger partial charge in [-0.15, -0.1) is 0 Å². The van der Waals surface area contributed by atoms with Crippen LogP contribution < -0.4 is 5.32 Å². The van der Waals surface area contributed by atoms with Crippen LogP contribution in [-0.2, 0) is 28.5 Å². The fraction of sp³-hybridized carbons (Fsp3) is 0.952. The average molecular weight is 1010 g/mol. The SMILES string of the molecule is CCCCCCCCCCCCCCCCCCCCCCCC(=O)OCCCC(CCCOC(=O)CCCCCCCCCCCCCCCCCCCCCCC)OC(=O)NCCOCCN(C)C.